The highest BCUT2D eigenvalue weighted by Crippen LogP contribution is 2.35. The molecule has 1 aromatic heterocycles. The standard InChI is InChI=1S/C18H23NO2/c1-11-5-8-16-15(10-21-18(16)12(11)2)9-17(20)19(4)13(3)14-6-7-14/h5,8,10,13-14H,6-7,9H2,1-4H3. The summed E-state index contributed by atoms with van der Waals surface area (Å²) in [7, 11) is 1.92. The lowest BCUT2D eigenvalue weighted by Gasteiger charge is -2.24. The molecule has 3 heteroatoms. The van der Waals surface area contributed by atoms with Crippen molar-refractivity contribution in [1.29, 1.82) is 0 Å². The molecule has 0 saturated heterocycles. The molecule has 0 spiro atoms. The molecule has 0 N–H and O–H groups in total. The molecule has 112 valence electrons. The maximum Gasteiger partial charge on any atom is 0.227 e. The number of benzene rings is 1. The predicted molar refractivity (Wildman–Crippen MR) is 84.3 cm³/mol. The Balaban J connectivity index is 1.81. The first-order chi connectivity index (χ1) is 9.99. The van der Waals surface area contributed by atoms with Crippen molar-refractivity contribution >= 4 is 16.9 Å². The lowest BCUT2D eigenvalue weighted by molar-refractivity contribution is -0.131. The van der Waals surface area contributed by atoms with Crippen LogP contribution in [0.2, 0.25) is 0 Å². The number of amides is 1. The fraction of sp³-hybridized carbons (Fsp3) is 0.500. The molecule has 1 aliphatic rings. The fourth-order valence-electron chi connectivity index (χ4n) is 2.93. The van der Waals surface area contributed by atoms with Crippen molar-refractivity contribution in [3.8, 4) is 0 Å². The van der Waals surface area contributed by atoms with Gasteiger partial charge in [0, 0.05) is 24.0 Å². The zero-order chi connectivity index (χ0) is 15.1. The molecule has 3 rings (SSSR count). The number of carbonyl (C=O) groups excluding carboxylic acids is 1. The van der Waals surface area contributed by atoms with Crippen LogP contribution in [0.25, 0.3) is 11.0 Å². The van der Waals surface area contributed by atoms with Crippen molar-refractivity contribution in [2.45, 2.75) is 46.1 Å². The molecular formula is C18H23NO2. The first kappa shape index (κ1) is 14.2. The summed E-state index contributed by atoms with van der Waals surface area (Å²) in [6.07, 6.45) is 4.67. The minimum Gasteiger partial charge on any atom is -0.464 e. The highest BCUT2D eigenvalue weighted by atomic mass is 16.3. The van der Waals surface area contributed by atoms with E-state index in [1.807, 2.05) is 11.9 Å². The Morgan fingerprint density at radius 1 is 1.38 bits per heavy atom. The second-order valence-corrected chi connectivity index (χ2v) is 6.40. The molecule has 0 aliphatic heterocycles. The van der Waals surface area contributed by atoms with E-state index in [4.69, 9.17) is 4.42 Å². The van der Waals surface area contributed by atoms with Gasteiger partial charge in [-0.25, -0.2) is 0 Å². The molecule has 1 atom stereocenters. The van der Waals surface area contributed by atoms with Crippen LogP contribution < -0.4 is 0 Å². The number of hydrogen-bond acceptors (Lipinski definition) is 2. The molecule has 3 nitrogen and oxygen atoms in total. The van der Waals surface area contributed by atoms with Crippen LogP contribution in [0, 0.1) is 19.8 Å². The number of furan rings is 1. The van der Waals surface area contributed by atoms with Gasteiger partial charge in [-0.3, -0.25) is 4.79 Å². The summed E-state index contributed by atoms with van der Waals surface area (Å²) in [6, 6.07) is 4.51. The number of carbonyl (C=O) groups is 1. The summed E-state index contributed by atoms with van der Waals surface area (Å²) >= 11 is 0. The first-order valence-electron chi connectivity index (χ1n) is 7.71. The summed E-state index contributed by atoms with van der Waals surface area (Å²) in [4.78, 5) is 14.4. The van der Waals surface area contributed by atoms with Crippen molar-refractivity contribution in [1.82, 2.24) is 4.90 Å². The van der Waals surface area contributed by atoms with E-state index in [0.717, 1.165) is 22.1 Å². The van der Waals surface area contributed by atoms with E-state index < -0.39 is 0 Å². The van der Waals surface area contributed by atoms with E-state index in [1.165, 1.54) is 18.4 Å². The summed E-state index contributed by atoms with van der Waals surface area (Å²) < 4.78 is 5.69. The Morgan fingerprint density at radius 2 is 2.10 bits per heavy atom. The molecule has 1 saturated carbocycles. The van der Waals surface area contributed by atoms with Gasteiger partial charge in [-0.05, 0) is 50.7 Å². The van der Waals surface area contributed by atoms with Crippen LogP contribution in [-0.2, 0) is 11.2 Å². The van der Waals surface area contributed by atoms with Crippen molar-refractivity contribution in [3.63, 3.8) is 0 Å². The Hall–Kier alpha value is -1.77. The van der Waals surface area contributed by atoms with Gasteiger partial charge >= 0.3 is 0 Å². The van der Waals surface area contributed by atoms with E-state index >= 15 is 0 Å². The minimum atomic E-state index is 0.176. The van der Waals surface area contributed by atoms with Gasteiger partial charge in [0.1, 0.15) is 5.58 Å². The van der Waals surface area contributed by atoms with Crippen molar-refractivity contribution < 1.29 is 9.21 Å². The molecular weight excluding hydrogens is 262 g/mol. The van der Waals surface area contributed by atoms with Gasteiger partial charge in [0.2, 0.25) is 5.91 Å². The average molecular weight is 285 g/mol. The molecule has 1 amide bonds. The molecule has 0 radical (unpaired) electrons. The maximum absolute atomic E-state index is 12.5. The van der Waals surface area contributed by atoms with Crippen molar-refractivity contribution in [2.24, 2.45) is 5.92 Å². The topological polar surface area (TPSA) is 33.5 Å². The molecule has 1 aromatic carbocycles. The van der Waals surface area contributed by atoms with Crippen LogP contribution in [-0.4, -0.2) is 23.9 Å². The van der Waals surface area contributed by atoms with Crippen LogP contribution in [0.1, 0.15) is 36.5 Å². The molecule has 1 aliphatic carbocycles. The van der Waals surface area contributed by atoms with E-state index in [1.54, 1.807) is 6.26 Å². The predicted octanol–water partition coefficient (Wildman–Crippen LogP) is 3.85. The van der Waals surface area contributed by atoms with E-state index in [0.29, 0.717) is 18.4 Å². The molecule has 1 heterocycles. The lowest BCUT2D eigenvalue weighted by Crippen LogP contribution is -2.37. The van der Waals surface area contributed by atoms with E-state index in [2.05, 4.69) is 32.9 Å². The smallest absolute Gasteiger partial charge is 0.227 e. The average Bonchev–Trinajstić information content (AvgIpc) is 3.24. The summed E-state index contributed by atoms with van der Waals surface area (Å²) in [5.74, 6) is 0.875. The molecule has 1 unspecified atom stereocenters. The van der Waals surface area contributed by atoms with Gasteiger partial charge in [-0.15, -0.1) is 0 Å². The Labute approximate surface area is 125 Å². The summed E-state index contributed by atoms with van der Waals surface area (Å²) in [6.45, 7) is 6.29. The highest BCUT2D eigenvalue weighted by Gasteiger charge is 2.32. The number of aryl methyl sites for hydroxylation is 2. The zero-order valence-corrected chi connectivity index (χ0v) is 13.3. The monoisotopic (exact) mass is 285 g/mol. The summed E-state index contributed by atoms with van der Waals surface area (Å²) in [5.41, 5.74) is 4.28. The third-order valence-corrected chi connectivity index (χ3v) is 4.99. The largest absolute Gasteiger partial charge is 0.464 e. The zero-order valence-electron chi connectivity index (χ0n) is 13.3. The fourth-order valence-corrected chi connectivity index (χ4v) is 2.93. The normalized spacial score (nSPS) is 16.2. The van der Waals surface area contributed by atoms with Gasteiger partial charge in [-0.1, -0.05) is 12.1 Å². The third-order valence-electron chi connectivity index (χ3n) is 4.99. The Morgan fingerprint density at radius 3 is 2.76 bits per heavy atom. The SMILES string of the molecule is Cc1ccc2c(CC(=O)N(C)C(C)C3CC3)coc2c1C. The number of likely N-dealkylation sites (N-methyl/N-ethyl adjacent to an activating group) is 1. The van der Waals surface area contributed by atoms with Crippen molar-refractivity contribution in [3.05, 3.63) is 35.1 Å². The Kier molecular flexibility index (Phi) is 3.52. The van der Waals surface area contributed by atoms with Crippen LogP contribution >= 0.6 is 0 Å². The van der Waals surface area contributed by atoms with Gasteiger partial charge in [0.15, 0.2) is 0 Å². The molecule has 21 heavy (non-hydrogen) atoms. The number of nitrogens with zero attached hydrogens (tertiary/aromatic N) is 1. The second-order valence-electron chi connectivity index (χ2n) is 6.40. The first-order valence-corrected chi connectivity index (χ1v) is 7.71. The molecule has 2 aromatic rings. The van der Waals surface area contributed by atoms with Crippen LogP contribution in [0.3, 0.4) is 0 Å². The van der Waals surface area contributed by atoms with E-state index in [9.17, 15) is 4.79 Å². The highest BCUT2D eigenvalue weighted by molar-refractivity contribution is 5.89. The van der Waals surface area contributed by atoms with Crippen LogP contribution in [0.15, 0.2) is 22.8 Å². The van der Waals surface area contributed by atoms with Gasteiger partial charge in [0.25, 0.3) is 0 Å². The molecule has 1 fully saturated rings. The lowest BCUT2D eigenvalue weighted by atomic mass is 10.0. The summed E-state index contributed by atoms with van der Waals surface area (Å²) in [5, 5.41) is 1.07. The Bertz CT molecular complexity index is 682. The third kappa shape index (κ3) is 2.57. The maximum atomic E-state index is 12.5. The van der Waals surface area contributed by atoms with Crippen molar-refractivity contribution in [2.75, 3.05) is 7.05 Å². The van der Waals surface area contributed by atoms with Gasteiger partial charge in [0.05, 0.1) is 12.7 Å². The van der Waals surface area contributed by atoms with Gasteiger partial charge < -0.3 is 9.32 Å². The number of rotatable bonds is 4. The molecule has 0 bridgehead atoms. The van der Waals surface area contributed by atoms with E-state index in [-0.39, 0.29) is 5.91 Å². The number of fused-ring (bicyclic) bond motifs is 1. The van der Waals surface area contributed by atoms with Crippen LogP contribution in [0.4, 0.5) is 0 Å². The second kappa shape index (κ2) is 5.21. The quantitative estimate of drug-likeness (QED) is 0.855. The number of hydrogen-bond donors (Lipinski definition) is 0. The minimum absolute atomic E-state index is 0.176. The van der Waals surface area contributed by atoms with Crippen LogP contribution in [0.5, 0.6) is 0 Å². The van der Waals surface area contributed by atoms with Gasteiger partial charge in [-0.2, -0.15) is 0 Å².